The van der Waals surface area contributed by atoms with E-state index in [2.05, 4.69) is 15.0 Å². The SMILES string of the molecule is CCOC(=O)c1sc(NC(=O)CCCCCNSN)nc1-c1ccccc1. The molecule has 0 aliphatic heterocycles. The number of nitrogens with two attached hydrogens (primary N) is 1. The number of esters is 1. The number of ether oxygens (including phenoxy) is 1. The first-order valence-electron chi connectivity index (χ1n) is 8.77. The zero-order chi connectivity index (χ0) is 19.5. The van der Waals surface area contributed by atoms with Crippen LogP contribution in [-0.2, 0) is 9.53 Å². The number of amides is 1. The molecule has 0 aliphatic carbocycles. The summed E-state index contributed by atoms with van der Waals surface area (Å²) in [6.07, 6.45) is 3.08. The van der Waals surface area contributed by atoms with Gasteiger partial charge in [-0.3, -0.25) is 14.7 Å². The Morgan fingerprint density at radius 2 is 2.00 bits per heavy atom. The Kier molecular flexibility index (Phi) is 9.26. The van der Waals surface area contributed by atoms with Crippen molar-refractivity contribution in [3.63, 3.8) is 0 Å². The predicted octanol–water partition coefficient (Wildman–Crippen LogP) is 3.60. The molecule has 27 heavy (non-hydrogen) atoms. The van der Waals surface area contributed by atoms with Gasteiger partial charge in [-0.15, -0.1) is 0 Å². The zero-order valence-corrected chi connectivity index (χ0v) is 16.8. The van der Waals surface area contributed by atoms with E-state index >= 15 is 0 Å². The van der Waals surface area contributed by atoms with Gasteiger partial charge in [0.1, 0.15) is 4.88 Å². The van der Waals surface area contributed by atoms with E-state index in [1.807, 2.05) is 30.3 Å². The molecule has 0 atom stereocenters. The number of nitrogens with zero attached hydrogens (tertiary/aromatic N) is 1. The van der Waals surface area contributed by atoms with E-state index in [9.17, 15) is 9.59 Å². The van der Waals surface area contributed by atoms with Crippen molar-refractivity contribution in [1.29, 1.82) is 0 Å². The van der Waals surface area contributed by atoms with E-state index in [1.165, 1.54) is 0 Å². The van der Waals surface area contributed by atoms with Gasteiger partial charge in [-0.2, -0.15) is 0 Å². The Hall–Kier alpha value is -1.94. The third kappa shape index (κ3) is 6.94. The van der Waals surface area contributed by atoms with Gasteiger partial charge in [0, 0.05) is 30.7 Å². The van der Waals surface area contributed by atoms with Crippen molar-refractivity contribution in [2.75, 3.05) is 18.5 Å². The maximum Gasteiger partial charge on any atom is 0.350 e. The minimum atomic E-state index is -0.431. The first kappa shape index (κ1) is 21.4. The molecule has 1 aromatic heterocycles. The van der Waals surface area contributed by atoms with E-state index in [0.717, 1.165) is 54.8 Å². The highest BCUT2D eigenvalue weighted by Gasteiger charge is 2.21. The number of nitrogens with one attached hydrogen (secondary N) is 2. The quantitative estimate of drug-likeness (QED) is 0.296. The van der Waals surface area contributed by atoms with Gasteiger partial charge >= 0.3 is 5.97 Å². The van der Waals surface area contributed by atoms with E-state index in [0.29, 0.717) is 22.1 Å². The minimum Gasteiger partial charge on any atom is -0.462 e. The van der Waals surface area contributed by atoms with Crippen molar-refractivity contribution in [2.45, 2.75) is 32.6 Å². The second kappa shape index (κ2) is 11.7. The highest BCUT2D eigenvalue weighted by Crippen LogP contribution is 2.31. The summed E-state index contributed by atoms with van der Waals surface area (Å²) < 4.78 is 8.09. The van der Waals surface area contributed by atoms with Crippen LogP contribution in [0.5, 0.6) is 0 Å². The number of unbranched alkanes of at least 4 members (excludes halogenated alkanes) is 2. The molecule has 0 radical (unpaired) electrons. The van der Waals surface area contributed by atoms with Crippen molar-refractivity contribution in [2.24, 2.45) is 5.14 Å². The van der Waals surface area contributed by atoms with Crippen molar-refractivity contribution in [3.05, 3.63) is 35.2 Å². The van der Waals surface area contributed by atoms with Crippen LogP contribution in [0, 0.1) is 0 Å². The number of hydrogen-bond donors (Lipinski definition) is 3. The Morgan fingerprint density at radius 3 is 2.70 bits per heavy atom. The lowest BCUT2D eigenvalue weighted by atomic mass is 10.1. The van der Waals surface area contributed by atoms with Crippen LogP contribution in [0.15, 0.2) is 30.3 Å². The molecule has 0 unspecified atom stereocenters. The topological polar surface area (TPSA) is 106 Å². The molecule has 1 heterocycles. The largest absolute Gasteiger partial charge is 0.462 e. The highest BCUT2D eigenvalue weighted by atomic mass is 32.2. The average Bonchev–Trinajstić information content (AvgIpc) is 3.09. The minimum absolute atomic E-state index is 0.111. The number of carbonyl (C=O) groups excluding carboxylic acids is 2. The van der Waals surface area contributed by atoms with Crippen molar-refractivity contribution >= 4 is 40.5 Å². The number of anilines is 1. The lowest BCUT2D eigenvalue weighted by molar-refractivity contribution is -0.116. The van der Waals surface area contributed by atoms with Crippen LogP contribution < -0.4 is 15.2 Å². The monoisotopic (exact) mass is 408 g/mol. The van der Waals surface area contributed by atoms with Crippen LogP contribution >= 0.6 is 23.5 Å². The molecule has 0 saturated carbocycles. The Bertz CT molecular complexity index is 737. The molecule has 0 bridgehead atoms. The van der Waals surface area contributed by atoms with Crippen LogP contribution in [0.4, 0.5) is 5.13 Å². The molecular formula is C18H24N4O3S2. The summed E-state index contributed by atoms with van der Waals surface area (Å²) in [6.45, 7) is 2.86. The fourth-order valence-electron chi connectivity index (χ4n) is 2.40. The molecule has 0 aliphatic rings. The summed E-state index contributed by atoms with van der Waals surface area (Å²) in [5, 5.41) is 8.47. The van der Waals surface area contributed by atoms with Gasteiger partial charge in [-0.25, -0.2) is 9.78 Å². The maximum atomic E-state index is 12.3. The number of rotatable bonds is 11. The summed E-state index contributed by atoms with van der Waals surface area (Å²) in [7, 11) is 0. The van der Waals surface area contributed by atoms with Gasteiger partial charge in [0.2, 0.25) is 5.91 Å². The van der Waals surface area contributed by atoms with Crippen LogP contribution in [0.1, 0.15) is 42.3 Å². The second-order valence-corrected chi connectivity index (χ2v) is 7.18. The standard InChI is InChI=1S/C18H24N4O3S2/c1-2-25-17(24)16-15(13-9-5-3-6-10-13)22-18(26-16)21-14(23)11-7-4-8-12-20-27-19/h3,5-6,9-10,20H,2,4,7-8,11-12,19H2,1H3,(H,21,22,23). The smallest absolute Gasteiger partial charge is 0.350 e. The lowest BCUT2D eigenvalue weighted by Crippen LogP contribution is -2.12. The molecule has 2 aromatic rings. The first-order chi connectivity index (χ1) is 13.2. The van der Waals surface area contributed by atoms with Gasteiger partial charge in [0.05, 0.1) is 12.3 Å². The number of aromatic nitrogens is 1. The summed E-state index contributed by atoms with van der Waals surface area (Å²) >= 11 is 2.24. The second-order valence-electron chi connectivity index (χ2n) is 5.65. The normalized spacial score (nSPS) is 10.6. The Balaban J connectivity index is 2.00. The summed E-state index contributed by atoms with van der Waals surface area (Å²) in [5.74, 6) is -0.542. The van der Waals surface area contributed by atoms with Gasteiger partial charge in [0.25, 0.3) is 0 Å². The number of benzene rings is 1. The van der Waals surface area contributed by atoms with Crippen LogP contribution in [-0.4, -0.2) is 30.0 Å². The Labute approximate surface area is 167 Å². The molecule has 0 spiro atoms. The summed E-state index contributed by atoms with van der Waals surface area (Å²) in [5.41, 5.74) is 1.34. The van der Waals surface area contributed by atoms with Gasteiger partial charge < -0.3 is 10.1 Å². The van der Waals surface area contributed by atoms with E-state index in [4.69, 9.17) is 9.88 Å². The summed E-state index contributed by atoms with van der Waals surface area (Å²) in [6, 6.07) is 9.39. The lowest BCUT2D eigenvalue weighted by Gasteiger charge is -2.02. The van der Waals surface area contributed by atoms with Crippen molar-refractivity contribution in [3.8, 4) is 11.3 Å². The molecule has 1 amide bonds. The number of hydrogen-bond acceptors (Lipinski definition) is 8. The van der Waals surface area contributed by atoms with Crippen LogP contribution in [0.3, 0.4) is 0 Å². The molecule has 1 aromatic carbocycles. The molecule has 0 fully saturated rings. The first-order valence-corrected chi connectivity index (χ1v) is 10.5. The molecule has 146 valence electrons. The molecular weight excluding hydrogens is 384 g/mol. The third-order valence-corrected chi connectivity index (χ3v) is 4.97. The Morgan fingerprint density at radius 1 is 1.22 bits per heavy atom. The summed E-state index contributed by atoms with van der Waals surface area (Å²) in [4.78, 5) is 29.3. The van der Waals surface area contributed by atoms with Gasteiger partial charge in [-0.05, 0) is 19.8 Å². The highest BCUT2D eigenvalue weighted by molar-refractivity contribution is 7.95. The van der Waals surface area contributed by atoms with E-state index in [-0.39, 0.29) is 12.5 Å². The maximum absolute atomic E-state index is 12.3. The fraction of sp³-hybridized carbons (Fsp3) is 0.389. The van der Waals surface area contributed by atoms with E-state index < -0.39 is 5.97 Å². The number of carbonyl (C=O) groups is 2. The molecule has 2 rings (SSSR count). The van der Waals surface area contributed by atoms with Crippen molar-refractivity contribution in [1.82, 2.24) is 9.71 Å². The fourth-order valence-corrected chi connectivity index (χ4v) is 3.56. The molecule has 7 nitrogen and oxygen atoms in total. The van der Waals surface area contributed by atoms with Gasteiger partial charge in [0.15, 0.2) is 5.13 Å². The molecule has 9 heteroatoms. The van der Waals surface area contributed by atoms with Crippen LogP contribution in [0.25, 0.3) is 11.3 Å². The molecule has 0 saturated heterocycles. The zero-order valence-electron chi connectivity index (χ0n) is 15.2. The average molecular weight is 409 g/mol. The van der Waals surface area contributed by atoms with E-state index in [1.54, 1.807) is 6.92 Å². The van der Waals surface area contributed by atoms with Crippen LogP contribution in [0.2, 0.25) is 0 Å². The van der Waals surface area contributed by atoms with Crippen molar-refractivity contribution < 1.29 is 14.3 Å². The third-order valence-electron chi connectivity index (χ3n) is 3.65. The number of thiazole rings is 1. The predicted molar refractivity (Wildman–Crippen MR) is 110 cm³/mol. The molecule has 4 N–H and O–H groups in total. The van der Waals surface area contributed by atoms with Gasteiger partial charge in [-0.1, -0.05) is 48.1 Å².